The van der Waals surface area contributed by atoms with Gasteiger partial charge in [-0.15, -0.1) is 11.3 Å². The number of piperazine rings is 1. The molecule has 1 aliphatic heterocycles. The van der Waals surface area contributed by atoms with E-state index in [2.05, 4.69) is 28.5 Å². The predicted molar refractivity (Wildman–Crippen MR) is 99.4 cm³/mol. The second-order valence-corrected chi connectivity index (χ2v) is 7.03. The van der Waals surface area contributed by atoms with E-state index in [1.807, 2.05) is 4.90 Å². The van der Waals surface area contributed by atoms with Crippen LogP contribution < -0.4 is 9.47 Å². The van der Waals surface area contributed by atoms with Crippen LogP contribution in [0.25, 0.3) is 0 Å². The Hall–Kier alpha value is -2.56. The third kappa shape index (κ3) is 4.54. The maximum atomic E-state index is 12.4. The lowest BCUT2D eigenvalue weighted by atomic mass is 10.2. The van der Waals surface area contributed by atoms with Crippen LogP contribution >= 0.6 is 11.3 Å². The van der Waals surface area contributed by atoms with E-state index in [0.717, 1.165) is 19.6 Å². The number of hydrogen-bond acceptors (Lipinski definition) is 6. The Kier molecular flexibility index (Phi) is 6.10. The number of methoxy groups -OCH3 is 1. The molecule has 2 heterocycles. The first-order valence-electron chi connectivity index (χ1n) is 8.43. The van der Waals surface area contributed by atoms with Crippen LogP contribution in [0.2, 0.25) is 0 Å². The van der Waals surface area contributed by atoms with Gasteiger partial charge in [0.15, 0.2) is 18.1 Å². The van der Waals surface area contributed by atoms with Crippen LogP contribution in [-0.4, -0.2) is 55.6 Å². The number of nitriles is 1. The molecule has 0 unspecified atom stereocenters. The summed E-state index contributed by atoms with van der Waals surface area (Å²) in [4.78, 5) is 18.0. The Balaban J connectivity index is 1.48. The van der Waals surface area contributed by atoms with E-state index in [0.29, 0.717) is 30.2 Å². The van der Waals surface area contributed by atoms with E-state index in [1.54, 1.807) is 29.5 Å². The normalized spacial score (nSPS) is 14.7. The SMILES string of the molecule is COc1cc(C#N)ccc1OCC(=O)N1CCN(Cc2cccs2)CC1. The summed E-state index contributed by atoms with van der Waals surface area (Å²) in [6, 6.07) is 11.2. The third-order valence-corrected chi connectivity index (χ3v) is 5.19. The number of nitrogens with zero attached hydrogens (tertiary/aromatic N) is 3. The molecule has 6 nitrogen and oxygen atoms in total. The van der Waals surface area contributed by atoms with Gasteiger partial charge in [0, 0.05) is 43.7 Å². The molecule has 3 rings (SSSR count). The van der Waals surface area contributed by atoms with Gasteiger partial charge in [0.2, 0.25) is 0 Å². The number of ether oxygens (including phenoxy) is 2. The average molecular weight is 371 g/mol. The number of thiophene rings is 1. The van der Waals surface area contributed by atoms with E-state index in [9.17, 15) is 4.79 Å². The number of amides is 1. The molecule has 136 valence electrons. The van der Waals surface area contributed by atoms with E-state index in [1.165, 1.54) is 12.0 Å². The van der Waals surface area contributed by atoms with Crippen LogP contribution in [0.15, 0.2) is 35.7 Å². The zero-order valence-corrected chi connectivity index (χ0v) is 15.5. The van der Waals surface area contributed by atoms with Crippen molar-refractivity contribution in [3.8, 4) is 17.6 Å². The second kappa shape index (κ2) is 8.70. The monoisotopic (exact) mass is 371 g/mol. The van der Waals surface area contributed by atoms with Gasteiger partial charge in [0.1, 0.15) is 0 Å². The average Bonchev–Trinajstić information content (AvgIpc) is 3.19. The molecular weight excluding hydrogens is 350 g/mol. The highest BCUT2D eigenvalue weighted by atomic mass is 32.1. The molecule has 0 atom stereocenters. The molecule has 2 aromatic rings. The summed E-state index contributed by atoms with van der Waals surface area (Å²) < 4.78 is 10.8. The molecule has 1 aromatic carbocycles. The van der Waals surface area contributed by atoms with Crippen molar-refractivity contribution in [2.45, 2.75) is 6.54 Å². The van der Waals surface area contributed by atoms with Crippen molar-refractivity contribution in [2.24, 2.45) is 0 Å². The lowest BCUT2D eigenvalue weighted by Gasteiger charge is -2.34. The van der Waals surface area contributed by atoms with Crippen molar-refractivity contribution in [1.29, 1.82) is 5.26 Å². The van der Waals surface area contributed by atoms with Crippen LogP contribution in [0, 0.1) is 11.3 Å². The van der Waals surface area contributed by atoms with Gasteiger partial charge < -0.3 is 14.4 Å². The first-order chi connectivity index (χ1) is 12.7. The highest BCUT2D eigenvalue weighted by Gasteiger charge is 2.22. The van der Waals surface area contributed by atoms with Crippen LogP contribution in [0.4, 0.5) is 0 Å². The molecule has 0 spiro atoms. The molecule has 1 aromatic heterocycles. The summed E-state index contributed by atoms with van der Waals surface area (Å²) in [6.45, 7) is 4.05. The fraction of sp³-hybridized carbons (Fsp3) is 0.368. The molecule has 1 saturated heterocycles. The molecule has 7 heteroatoms. The van der Waals surface area contributed by atoms with Gasteiger partial charge in [-0.05, 0) is 23.6 Å². The maximum Gasteiger partial charge on any atom is 0.260 e. The summed E-state index contributed by atoms with van der Waals surface area (Å²) in [5, 5.41) is 11.0. The highest BCUT2D eigenvalue weighted by Crippen LogP contribution is 2.27. The first-order valence-corrected chi connectivity index (χ1v) is 9.31. The number of rotatable bonds is 6. The van der Waals surface area contributed by atoms with E-state index in [-0.39, 0.29) is 12.5 Å². The fourth-order valence-electron chi connectivity index (χ4n) is 2.87. The summed E-state index contributed by atoms with van der Waals surface area (Å²) in [5.74, 6) is 0.890. The quantitative estimate of drug-likeness (QED) is 0.780. The van der Waals surface area contributed by atoms with E-state index < -0.39 is 0 Å². The van der Waals surface area contributed by atoms with Gasteiger partial charge in [-0.2, -0.15) is 5.26 Å². The standard InChI is InChI=1S/C19H21N3O3S/c1-24-18-11-15(12-20)4-5-17(18)25-14-19(23)22-8-6-21(7-9-22)13-16-3-2-10-26-16/h2-5,10-11H,6-9,13-14H2,1H3. The minimum absolute atomic E-state index is 0.0345. The summed E-state index contributed by atoms with van der Waals surface area (Å²) in [6.07, 6.45) is 0. The van der Waals surface area contributed by atoms with Crippen molar-refractivity contribution in [2.75, 3.05) is 39.9 Å². The van der Waals surface area contributed by atoms with Crippen LogP contribution in [0.1, 0.15) is 10.4 Å². The van der Waals surface area contributed by atoms with Gasteiger partial charge in [-0.1, -0.05) is 6.07 Å². The Labute approximate surface area is 157 Å². The molecule has 1 fully saturated rings. The summed E-state index contributed by atoms with van der Waals surface area (Å²) in [5.41, 5.74) is 0.488. The molecule has 0 radical (unpaired) electrons. The molecule has 1 aliphatic rings. The molecule has 0 aliphatic carbocycles. The zero-order valence-electron chi connectivity index (χ0n) is 14.7. The molecule has 0 N–H and O–H groups in total. The van der Waals surface area contributed by atoms with Gasteiger partial charge in [0.05, 0.1) is 18.7 Å². The minimum Gasteiger partial charge on any atom is -0.493 e. The van der Waals surface area contributed by atoms with Gasteiger partial charge in [0.25, 0.3) is 5.91 Å². The van der Waals surface area contributed by atoms with Crippen molar-refractivity contribution in [3.63, 3.8) is 0 Å². The molecule has 0 saturated carbocycles. The molecule has 0 bridgehead atoms. The Bertz CT molecular complexity index is 778. The van der Waals surface area contributed by atoms with Crippen molar-refractivity contribution in [3.05, 3.63) is 46.2 Å². The number of hydrogen-bond donors (Lipinski definition) is 0. The van der Waals surface area contributed by atoms with Crippen molar-refractivity contribution < 1.29 is 14.3 Å². The largest absolute Gasteiger partial charge is 0.493 e. The lowest BCUT2D eigenvalue weighted by molar-refractivity contribution is -0.135. The lowest BCUT2D eigenvalue weighted by Crippen LogP contribution is -2.49. The van der Waals surface area contributed by atoms with Gasteiger partial charge in [-0.3, -0.25) is 9.69 Å². The van der Waals surface area contributed by atoms with Gasteiger partial charge in [-0.25, -0.2) is 0 Å². The van der Waals surface area contributed by atoms with Crippen molar-refractivity contribution in [1.82, 2.24) is 9.80 Å². The topological polar surface area (TPSA) is 65.8 Å². The summed E-state index contributed by atoms with van der Waals surface area (Å²) >= 11 is 1.76. The van der Waals surface area contributed by atoms with E-state index >= 15 is 0 Å². The Morgan fingerprint density at radius 3 is 2.69 bits per heavy atom. The van der Waals surface area contributed by atoms with Crippen LogP contribution in [0.3, 0.4) is 0 Å². The molecule has 1 amide bonds. The van der Waals surface area contributed by atoms with Gasteiger partial charge >= 0.3 is 0 Å². The minimum atomic E-state index is -0.0350. The Morgan fingerprint density at radius 2 is 2.04 bits per heavy atom. The third-order valence-electron chi connectivity index (χ3n) is 4.33. The zero-order chi connectivity index (χ0) is 18.4. The first kappa shape index (κ1) is 18.2. The Morgan fingerprint density at radius 1 is 1.23 bits per heavy atom. The predicted octanol–water partition coefficient (Wildman–Crippen LogP) is 2.35. The summed E-state index contributed by atoms with van der Waals surface area (Å²) in [7, 11) is 1.51. The number of benzene rings is 1. The number of carbonyl (C=O) groups is 1. The second-order valence-electron chi connectivity index (χ2n) is 6.00. The fourth-order valence-corrected chi connectivity index (χ4v) is 3.61. The highest BCUT2D eigenvalue weighted by molar-refractivity contribution is 7.09. The van der Waals surface area contributed by atoms with Crippen LogP contribution in [0.5, 0.6) is 11.5 Å². The smallest absolute Gasteiger partial charge is 0.260 e. The molecular formula is C19H21N3O3S. The van der Waals surface area contributed by atoms with E-state index in [4.69, 9.17) is 14.7 Å². The van der Waals surface area contributed by atoms with Crippen molar-refractivity contribution >= 4 is 17.2 Å². The maximum absolute atomic E-state index is 12.4. The van der Waals surface area contributed by atoms with Crippen LogP contribution in [-0.2, 0) is 11.3 Å². The number of carbonyl (C=O) groups excluding carboxylic acids is 1. The molecule has 26 heavy (non-hydrogen) atoms.